The Morgan fingerprint density at radius 3 is 2.34 bits per heavy atom. The SMILES string of the molecule is CCn1cc(C(=O)O)c(=O)c2cc(F)c(N3CCN(CNC(=O)C4=C(O)[C@@]5(O)C(=O)C6=C(O)c7c(O)cccc7[C@@](C)(O)C6CC5[C@H](N(C)C)C4=O)CC3)cc21. The topological polar surface area (TPSA) is 233 Å². The first-order valence-electron chi connectivity index (χ1n) is 18.1. The highest BCUT2D eigenvalue weighted by Gasteiger charge is 2.66. The van der Waals surface area contributed by atoms with E-state index >= 15 is 4.39 Å². The van der Waals surface area contributed by atoms with E-state index in [1.165, 1.54) is 56.4 Å². The van der Waals surface area contributed by atoms with Crippen LogP contribution in [0.2, 0.25) is 0 Å². The second-order valence-electron chi connectivity index (χ2n) is 15.1. The normalized spacial score (nSPS) is 26.7. The Hall–Kier alpha value is -5.62. The number of fused-ring (bicyclic) bond motifs is 4. The summed E-state index contributed by atoms with van der Waals surface area (Å²) in [5.74, 6) is -10.1. The number of Topliss-reactive ketones (excluding diaryl/α,β-unsaturated/α-hetero) is 2. The molecule has 1 aliphatic heterocycles. The van der Waals surface area contributed by atoms with Gasteiger partial charge in [-0.3, -0.25) is 29.0 Å². The molecule has 0 bridgehead atoms. The Bertz CT molecular complexity index is 2360. The van der Waals surface area contributed by atoms with Crippen LogP contribution in [0.25, 0.3) is 16.7 Å². The van der Waals surface area contributed by atoms with Gasteiger partial charge in [-0.2, -0.15) is 0 Å². The van der Waals surface area contributed by atoms with E-state index in [2.05, 4.69) is 5.32 Å². The first kappa shape index (κ1) is 38.6. The standard InChI is InChI=1S/C39H42FN5O11/c1-5-44-16-19(37(53)54)31(47)18-13-23(40)25(15-24(18)44)45-11-9-43(10-12-45)17-41-36(52)29-33(49)30(42(3)4)22-14-21-28(34(50)39(22,56)35(29)51)32(48)27-20(38(21,2)55)7-6-8-26(27)46/h6-8,13,15-16,21-22,30,46,48,51,55-56H,5,9-12,14,17H2,1-4H3,(H,41,52)(H,53,54)/t21?,22?,30-,38+,39-/m0/s1. The Morgan fingerprint density at radius 1 is 1.04 bits per heavy atom. The molecule has 2 aromatic carbocycles. The van der Waals surface area contributed by atoms with Crippen LogP contribution >= 0.6 is 0 Å². The smallest absolute Gasteiger partial charge is 0.341 e. The van der Waals surface area contributed by atoms with Gasteiger partial charge in [-0.15, -0.1) is 0 Å². The molecule has 1 saturated carbocycles. The summed E-state index contributed by atoms with van der Waals surface area (Å²) in [5, 5.41) is 69.4. The van der Waals surface area contributed by atoms with Crippen LogP contribution in [0.15, 0.2) is 58.2 Å². The predicted molar refractivity (Wildman–Crippen MR) is 199 cm³/mol. The number of aromatic nitrogens is 1. The van der Waals surface area contributed by atoms with Gasteiger partial charge in [-0.25, -0.2) is 9.18 Å². The van der Waals surface area contributed by atoms with Crippen LogP contribution in [0.1, 0.15) is 41.8 Å². The van der Waals surface area contributed by atoms with Gasteiger partial charge in [0.1, 0.15) is 34.2 Å². The fraction of sp³-hybridized carbons (Fsp3) is 0.410. The number of aromatic hydroxyl groups is 1. The Kier molecular flexibility index (Phi) is 9.35. The van der Waals surface area contributed by atoms with Gasteiger partial charge in [0.15, 0.2) is 11.4 Å². The summed E-state index contributed by atoms with van der Waals surface area (Å²) >= 11 is 0. The molecule has 1 amide bonds. The summed E-state index contributed by atoms with van der Waals surface area (Å²) in [5.41, 5.74) is -6.77. The molecule has 7 N–H and O–H groups in total. The number of rotatable bonds is 7. The van der Waals surface area contributed by atoms with Gasteiger partial charge in [0.25, 0.3) is 5.91 Å². The molecule has 3 aromatic rings. The van der Waals surface area contributed by atoms with Gasteiger partial charge < -0.3 is 45.4 Å². The molecular formula is C39H42FN5O11. The monoisotopic (exact) mass is 775 g/mol. The van der Waals surface area contributed by atoms with E-state index in [1.54, 1.807) is 21.3 Å². The number of benzene rings is 2. The minimum Gasteiger partial charge on any atom is -0.508 e. The third-order valence-corrected chi connectivity index (χ3v) is 11.9. The molecule has 0 spiro atoms. The number of likely N-dealkylation sites (N-methyl/N-ethyl adjacent to an activating group) is 1. The number of nitrogens with one attached hydrogen (secondary N) is 1. The van der Waals surface area contributed by atoms with Crippen molar-refractivity contribution in [2.24, 2.45) is 11.8 Å². The molecule has 1 saturated heterocycles. The summed E-state index contributed by atoms with van der Waals surface area (Å²) in [6.45, 7) is 4.48. The summed E-state index contributed by atoms with van der Waals surface area (Å²) in [6.07, 6.45) is 0.964. The number of carbonyl (C=O) groups excluding carboxylic acids is 3. The lowest BCUT2D eigenvalue weighted by Crippen LogP contribution is -2.67. The number of aromatic carboxylic acids is 1. The predicted octanol–water partition coefficient (Wildman–Crippen LogP) is 1.21. The van der Waals surface area contributed by atoms with Crippen LogP contribution in [0.5, 0.6) is 5.75 Å². The zero-order valence-corrected chi connectivity index (χ0v) is 31.0. The zero-order chi connectivity index (χ0) is 40.8. The first-order valence-corrected chi connectivity index (χ1v) is 18.1. The lowest BCUT2D eigenvalue weighted by Gasteiger charge is -2.53. The molecule has 2 unspecified atom stereocenters. The van der Waals surface area contributed by atoms with E-state index in [0.717, 1.165) is 6.07 Å². The molecule has 3 aliphatic carbocycles. The van der Waals surface area contributed by atoms with E-state index in [1.807, 2.05) is 0 Å². The number of nitrogens with zero attached hydrogens (tertiary/aromatic N) is 4. The maximum atomic E-state index is 15.4. The fourth-order valence-corrected chi connectivity index (χ4v) is 8.96. The number of aryl methyl sites for hydroxylation is 1. The van der Waals surface area contributed by atoms with Crippen LogP contribution in [0.3, 0.4) is 0 Å². The Labute approximate surface area is 319 Å². The average molecular weight is 776 g/mol. The van der Waals surface area contributed by atoms with Crippen LogP contribution in [-0.4, -0.2) is 127 Å². The van der Waals surface area contributed by atoms with Crippen molar-refractivity contribution in [3.05, 3.63) is 86.2 Å². The number of amides is 1. The van der Waals surface area contributed by atoms with E-state index in [0.29, 0.717) is 25.2 Å². The second kappa shape index (κ2) is 13.5. The molecule has 2 heterocycles. The van der Waals surface area contributed by atoms with Crippen LogP contribution in [0, 0.1) is 17.7 Å². The number of carbonyl (C=O) groups is 4. The molecule has 56 heavy (non-hydrogen) atoms. The number of phenolic OH excluding ortho intramolecular Hbond substituents is 1. The van der Waals surface area contributed by atoms with Crippen molar-refractivity contribution in [3.8, 4) is 5.75 Å². The molecule has 16 nitrogen and oxygen atoms in total. The fourth-order valence-electron chi connectivity index (χ4n) is 8.96. The van der Waals surface area contributed by atoms with E-state index in [4.69, 9.17) is 0 Å². The number of carboxylic acids is 1. The van der Waals surface area contributed by atoms with Crippen LogP contribution < -0.4 is 15.6 Å². The maximum Gasteiger partial charge on any atom is 0.341 e. The van der Waals surface area contributed by atoms with Gasteiger partial charge in [0.2, 0.25) is 11.2 Å². The number of phenols is 1. The molecule has 1 aromatic heterocycles. The zero-order valence-electron chi connectivity index (χ0n) is 31.0. The number of piperazine rings is 1. The molecule has 7 rings (SSSR count). The minimum atomic E-state index is -2.86. The molecule has 296 valence electrons. The molecular weight excluding hydrogens is 733 g/mol. The number of anilines is 1. The largest absolute Gasteiger partial charge is 0.508 e. The number of hydrogen-bond acceptors (Lipinski definition) is 13. The highest BCUT2D eigenvalue weighted by Crippen LogP contribution is 2.57. The Morgan fingerprint density at radius 2 is 1.71 bits per heavy atom. The van der Waals surface area contributed by atoms with Crippen molar-refractivity contribution < 1.29 is 54.2 Å². The van der Waals surface area contributed by atoms with Crippen molar-refractivity contribution in [1.29, 1.82) is 0 Å². The van der Waals surface area contributed by atoms with E-state index in [9.17, 15) is 54.6 Å². The number of hydrogen-bond donors (Lipinski definition) is 7. The van der Waals surface area contributed by atoms with Gasteiger partial charge in [0.05, 0.1) is 35.1 Å². The maximum absolute atomic E-state index is 15.4. The number of aliphatic hydroxyl groups excluding tert-OH is 2. The number of ketones is 2. The quantitative estimate of drug-likeness (QED) is 0.167. The summed E-state index contributed by atoms with van der Waals surface area (Å²) in [4.78, 5) is 71.4. The van der Waals surface area contributed by atoms with Gasteiger partial charge in [-0.1, -0.05) is 12.1 Å². The summed E-state index contributed by atoms with van der Waals surface area (Å²) in [6, 6.07) is 5.42. The van der Waals surface area contributed by atoms with Gasteiger partial charge >= 0.3 is 5.97 Å². The van der Waals surface area contributed by atoms with E-state index < -0.39 is 97.7 Å². The second-order valence-corrected chi connectivity index (χ2v) is 15.1. The molecule has 4 aliphatic rings. The summed E-state index contributed by atoms with van der Waals surface area (Å²) in [7, 11) is 3.01. The Balaban J connectivity index is 1.13. The number of aliphatic hydroxyl groups is 4. The van der Waals surface area contributed by atoms with Crippen LogP contribution in [-0.2, 0) is 26.5 Å². The number of pyridine rings is 1. The first-order chi connectivity index (χ1) is 26.4. The van der Waals surface area contributed by atoms with E-state index in [-0.39, 0.29) is 48.4 Å². The molecule has 0 radical (unpaired) electrons. The van der Waals surface area contributed by atoms with Crippen molar-refractivity contribution >= 4 is 45.8 Å². The van der Waals surface area contributed by atoms with Crippen molar-refractivity contribution in [2.75, 3.05) is 51.8 Å². The average Bonchev–Trinajstić information content (AvgIpc) is 3.14. The molecule has 17 heteroatoms. The number of halogens is 1. The molecule has 2 fully saturated rings. The van der Waals surface area contributed by atoms with Gasteiger partial charge in [0, 0.05) is 61.7 Å². The minimum absolute atomic E-state index is 0.0600. The highest BCUT2D eigenvalue weighted by molar-refractivity contribution is 6.25. The van der Waals surface area contributed by atoms with Crippen LogP contribution in [0.4, 0.5) is 10.1 Å². The van der Waals surface area contributed by atoms with Gasteiger partial charge in [-0.05, 0) is 58.1 Å². The van der Waals surface area contributed by atoms with Crippen molar-refractivity contribution in [2.45, 2.75) is 44.1 Å². The van der Waals surface area contributed by atoms with Crippen molar-refractivity contribution in [1.82, 2.24) is 19.7 Å². The molecule has 5 atom stereocenters. The lowest BCUT2D eigenvalue weighted by molar-refractivity contribution is -0.159. The lowest BCUT2D eigenvalue weighted by atomic mass is 9.54. The number of carboxylic acid groups (broad SMARTS) is 1. The third-order valence-electron chi connectivity index (χ3n) is 11.9. The third kappa shape index (κ3) is 5.59. The highest BCUT2D eigenvalue weighted by atomic mass is 19.1. The van der Waals surface area contributed by atoms with Crippen molar-refractivity contribution in [3.63, 3.8) is 0 Å². The summed E-state index contributed by atoms with van der Waals surface area (Å²) < 4.78 is 17.0.